The molecule has 2 aromatic rings. The van der Waals surface area contributed by atoms with Crippen LogP contribution in [0.3, 0.4) is 0 Å². The second-order valence-corrected chi connectivity index (χ2v) is 6.20. The Morgan fingerprint density at radius 2 is 1.71 bits per heavy atom. The summed E-state index contributed by atoms with van der Waals surface area (Å²) in [6.07, 6.45) is 7.32. The van der Waals surface area contributed by atoms with E-state index in [9.17, 15) is 5.11 Å². The molecule has 21 heavy (non-hydrogen) atoms. The number of aromatic nitrogens is 1. The van der Waals surface area contributed by atoms with Crippen LogP contribution in [-0.4, -0.2) is 10.1 Å². The summed E-state index contributed by atoms with van der Waals surface area (Å²) in [4.78, 5) is 4.43. The fourth-order valence-electron chi connectivity index (χ4n) is 3.45. The van der Waals surface area contributed by atoms with Crippen molar-refractivity contribution in [1.82, 2.24) is 4.98 Å². The van der Waals surface area contributed by atoms with Crippen molar-refractivity contribution >= 4 is 11.6 Å². The van der Waals surface area contributed by atoms with Gasteiger partial charge in [-0.15, -0.1) is 0 Å². The Morgan fingerprint density at radius 3 is 2.38 bits per heavy atom. The quantitative estimate of drug-likeness (QED) is 0.902. The van der Waals surface area contributed by atoms with Crippen molar-refractivity contribution in [2.24, 2.45) is 5.92 Å². The van der Waals surface area contributed by atoms with E-state index in [1.165, 1.54) is 6.42 Å². The van der Waals surface area contributed by atoms with Crippen LogP contribution in [0.1, 0.15) is 43.4 Å². The van der Waals surface area contributed by atoms with E-state index < -0.39 is 5.60 Å². The Labute approximate surface area is 130 Å². The van der Waals surface area contributed by atoms with Gasteiger partial charge < -0.3 is 5.11 Å². The van der Waals surface area contributed by atoms with Gasteiger partial charge in [0.25, 0.3) is 0 Å². The van der Waals surface area contributed by atoms with Crippen LogP contribution in [0.25, 0.3) is 0 Å². The molecule has 1 aromatic carbocycles. The summed E-state index contributed by atoms with van der Waals surface area (Å²) in [6.45, 7) is 0. The van der Waals surface area contributed by atoms with Crippen molar-refractivity contribution in [2.45, 2.75) is 37.7 Å². The molecule has 1 aliphatic carbocycles. The molecule has 1 aromatic heterocycles. The third-order valence-electron chi connectivity index (χ3n) is 4.54. The molecule has 2 nitrogen and oxygen atoms in total. The number of rotatable bonds is 3. The van der Waals surface area contributed by atoms with E-state index in [2.05, 4.69) is 4.98 Å². The number of benzene rings is 1. The molecule has 1 N–H and O–H groups in total. The Morgan fingerprint density at radius 1 is 1.00 bits per heavy atom. The summed E-state index contributed by atoms with van der Waals surface area (Å²) in [5.74, 6) is 0.168. The standard InChI is InChI=1S/C18H20ClNO/c19-16-11-5-4-10-15(16)18(21,14-8-2-1-3-9-14)17-12-6-7-13-20-17/h4-7,10-14,21H,1-3,8-9H2. The lowest BCUT2D eigenvalue weighted by atomic mass is 9.71. The highest BCUT2D eigenvalue weighted by molar-refractivity contribution is 6.31. The van der Waals surface area contributed by atoms with Gasteiger partial charge in [-0.05, 0) is 37.0 Å². The zero-order valence-electron chi connectivity index (χ0n) is 12.0. The van der Waals surface area contributed by atoms with Crippen molar-refractivity contribution in [1.29, 1.82) is 0 Å². The Bertz CT molecular complexity index is 595. The molecule has 0 bridgehead atoms. The predicted molar refractivity (Wildman–Crippen MR) is 85.3 cm³/mol. The number of nitrogens with zero attached hydrogens (tertiary/aromatic N) is 1. The molecule has 3 heteroatoms. The maximum Gasteiger partial charge on any atom is 0.136 e. The average molecular weight is 302 g/mol. The van der Waals surface area contributed by atoms with E-state index in [0.717, 1.165) is 31.2 Å². The highest BCUT2D eigenvalue weighted by Gasteiger charge is 2.42. The van der Waals surface area contributed by atoms with Gasteiger partial charge in [0.1, 0.15) is 5.60 Å². The maximum absolute atomic E-state index is 11.6. The van der Waals surface area contributed by atoms with Crippen LogP contribution in [0, 0.1) is 5.92 Å². The summed E-state index contributed by atoms with van der Waals surface area (Å²) in [6, 6.07) is 13.3. The second-order valence-electron chi connectivity index (χ2n) is 5.80. The normalized spacial score (nSPS) is 19.1. The second kappa shape index (κ2) is 6.17. The van der Waals surface area contributed by atoms with E-state index >= 15 is 0 Å². The third-order valence-corrected chi connectivity index (χ3v) is 4.87. The fourth-order valence-corrected chi connectivity index (χ4v) is 3.73. The molecular weight excluding hydrogens is 282 g/mol. The zero-order chi connectivity index (χ0) is 14.7. The van der Waals surface area contributed by atoms with Crippen LogP contribution >= 0.6 is 11.6 Å². The van der Waals surface area contributed by atoms with Crippen LogP contribution in [0.4, 0.5) is 0 Å². The molecule has 0 spiro atoms. The number of halogens is 1. The monoisotopic (exact) mass is 301 g/mol. The highest BCUT2D eigenvalue weighted by atomic mass is 35.5. The lowest BCUT2D eigenvalue weighted by Gasteiger charge is -2.39. The van der Waals surface area contributed by atoms with E-state index in [4.69, 9.17) is 11.6 Å². The van der Waals surface area contributed by atoms with Crippen LogP contribution < -0.4 is 0 Å². The number of hydrogen-bond donors (Lipinski definition) is 1. The molecule has 1 saturated carbocycles. The molecule has 1 fully saturated rings. The molecule has 0 radical (unpaired) electrons. The minimum absolute atomic E-state index is 0.168. The topological polar surface area (TPSA) is 33.1 Å². The van der Waals surface area contributed by atoms with Crippen molar-refractivity contribution in [3.8, 4) is 0 Å². The Kier molecular flexibility index (Phi) is 4.27. The van der Waals surface area contributed by atoms with Gasteiger partial charge in [0.05, 0.1) is 5.69 Å². The van der Waals surface area contributed by atoms with Crippen LogP contribution in [0.2, 0.25) is 5.02 Å². The molecule has 0 saturated heterocycles. The van der Waals surface area contributed by atoms with Gasteiger partial charge in [-0.2, -0.15) is 0 Å². The average Bonchev–Trinajstić information content (AvgIpc) is 2.56. The third kappa shape index (κ3) is 2.70. The van der Waals surface area contributed by atoms with Crippen molar-refractivity contribution < 1.29 is 5.11 Å². The number of pyridine rings is 1. The van der Waals surface area contributed by atoms with Gasteiger partial charge in [-0.1, -0.05) is 55.1 Å². The predicted octanol–water partition coefficient (Wildman–Crippen LogP) is 4.55. The first kappa shape index (κ1) is 14.6. The fraction of sp³-hybridized carbons (Fsp3) is 0.389. The highest BCUT2D eigenvalue weighted by Crippen LogP contribution is 2.45. The largest absolute Gasteiger partial charge is 0.378 e. The lowest BCUT2D eigenvalue weighted by molar-refractivity contribution is -0.00434. The summed E-state index contributed by atoms with van der Waals surface area (Å²) in [5, 5.41) is 12.2. The van der Waals surface area contributed by atoms with Crippen LogP contribution in [0.15, 0.2) is 48.7 Å². The van der Waals surface area contributed by atoms with Crippen molar-refractivity contribution in [2.75, 3.05) is 0 Å². The van der Waals surface area contributed by atoms with E-state index in [-0.39, 0.29) is 5.92 Å². The van der Waals surface area contributed by atoms with Gasteiger partial charge in [-0.25, -0.2) is 0 Å². The molecule has 1 unspecified atom stereocenters. The van der Waals surface area contributed by atoms with E-state index in [1.807, 2.05) is 42.5 Å². The molecule has 110 valence electrons. The molecular formula is C18H20ClNO. The SMILES string of the molecule is OC(c1ccccn1)(c1ccccc1Cl)C1CCCCC1. The first-order chi connectivity index (χ1) is 10.2. The van der Waals surface area contributed by atoms with Crippen molar-refractivity contribution in [3.63, 3.8) is 0 Å². The summed E-state index contributed by atoms with van der Waals surface area (Å²) < 4.78 is 0. The number of aliphatic hydroxyl groups is 1. The summed E-state index contributed by atoms with van der Waals surface area (Å²) >= 11 is 6.39. The maximum atomic E-state index is 11.6. The lowest BCUT2D eigenvalue weighted by Crippen LogP contribution is -2.38. The molecule has 3 rings (SSSR count). The van der Waals surface area contributed by atoms with Gasteiger partial charge in [0.15, 0.2) is 0 Å². The molecule has 0 amide bonds. The molecule has 1 atom stereocenters. The first-order valence-corrected chi connectivity index (χ1v) is 7.99. The molecule has 1 heterocycles. The van der Waals surface area contributed by atoms with Crippen molar-refractivity contribution in [3.05, 3.63) is 64.9 Å². The number of hydrogen-bond acceptors (Lipinski definition) is 2. The minimum Gasteiger partial charge on any atom is -0.378 e. The molecule has 0 aliphatic heterocycles. The summed E-state index contributed by atoms with van der Waals surface area (Å²) in [5.41, 5.74) is 0.377. The minimum atomic E-state index is -1.10. The van der Waals surface area contributed by atoms with Gasteiger partial charge >= 0.3 is 0 Å². The zero-order valence-corrected chi connectivity index (χ0v) is 12.8. The Hall–Kier alpha value is -1.38. The van der Waals surface area contributed by atoms with Crippen LogP contribution in [-0.2, 0) is 5.60 Å². The van der Waals surface area contributed by atoms with E-state index in [1.54, 1.807) is 6.20 Å². The van der Waals surface area contributed by atoms with Gasteiger partial charge in [-0.3, -0.25) is 4.98 Å². The first-order valence-electron chi connectivity index (χ1n) is 7.62. The van der Waals surface area contributed by atoms with Gasteiger partial charge in [0, 0.05) is 16.8 Å². The molecule has 1 aliphatic rings. The van der Waals surface area contributed by atoms with Gasteiger partial charge in [0.2, 0.25) is 0 Å². The Balaban J connectivity index is 2.12. The van der Waals surface area contributed by atoms with E-state index in [0.29, 0.717) is 10.7 Å². The summed E-state index contributed by atoms with van der Waals surface area (Å²) in [7, 11) is 0. The van der Waals surface area contributed by atoms with Crippen LogP contribution in [0.5, 0.6) is 0 Å². The smallest absolute Gasteiger partial charge is 0.136 e.